The number of hydrogen-bond donors (Lipinski definition) is 1. The van der Waals surface area contributed by atoms with Crippen LogP contribution in [-0.2, 0) is 20.0 Å². The van der Waals surface area contributed by atoms with Gasteiger partial charge in [-0.25, -0.2) is 13.4 Å². The molecule has 3 aromatic rings. The molecule has 2 atom stereocenters. The molecule has 1 N–H and O–H groups in total. The number of amides is 1. The van der Waals surface area contributed by atoms with Crippen molar-refractivity contribution < 1.29 is 13.2 Å². The summed E-state index contributed by atoms with van der Waals surface area (Å²) in [6.07, 6.45) is 2.02. The van der Waals surface area contributed by atoms with Gasteiger partial charge in [0.25, 0.3) is 0 Å². The van der Waals surface area contributed by atoms with Crippen LogP contribution in [0.2, 0.25) is 0 Å². The fourth-order valence-electron chi connectivity index (χ4n) is 3.47. The molecule has 0 spiro atoms. The molecule has 5 nitrogen and oxygen atoms in total. The Morgan fingerprint density at radius 3 is 2.45 bits per heavy atom. The highest BCUT2D eigenvalue weighted by atomic mass is 32.2. The van der Waals surface area contributed by atoms with Crippen LogP contribution in [0.1, 0.15) is 44.2 Å². The Labute approximate surface area is 175 Å². The van der Waals surface area contributed by atoms with Crippen LogP contribution in [0.15, 0.2) is 47.4 Å². The zero-order valence-electron chi connectivity index (χ0n) is 16.9. The van der Waals surface area contributed by atoms with Crippen molar-refractivity contribution in [3.8, 4) is 0 Å². The lowest BCUT2D eigenvalue weighted by Gasteiger charge is -2.19. The molecule has 29 heavy (non-hydrogen) atoms. The van der Waals surface area contributed by atoms with Crippen LogP contribution in [0.5, 0.6) is 0 Å². The first kappa shape index (κ1) is 20.0. The van der Waals surface area contributed by atoms with E-state index < -0.39 is 9.84 Å². The number of carbonyl (C=O) groups excluding carboxylic acids is 1. The second-order valence-electron chi connectivity index (χ2n) is 8.73. The summed E-state index contributed by atoms with van der Waals surface area (Å²) in [5.74, 6) is 0.168. The normalized spacial score (nSPS) is 19.3. The molecule has 1 fully saturated rings. The van der Waals surface area contributed by atoms with Gasteiger partial charge in [0.15, 0.2) is 15.0 Å². The number of hydrogen-bond acceptors (Lipinski definition) is 5. The van der Waals surface area contributed by atoms with Gasteiger partial charge in [-0.3, -0.25) is 4.79 Å². The molecule has 1 aliphatic rings. The van der Waals surface area contributed by atoms with E-state index in [1.54, 1.807) is 18.2 Å². The molecule has 152 valence electrons. The molecule has 0 radical (unpaired) electrons. The van der Waals surface area contributed by atoms with E-state index >= 15 is 0 Å². The minimum atomic E-state index is -3.27. The van der Waals surface area contributed by atoms with E-state index in [2.05, 4.69) is 55.3 Å². The summed E-state index contributed by atoms with van der Waals surface area (Å²) in [5, 5.41) is 3.41. The number of aromatic nitrogens is 1. The number of nitrogens with zero attached hydrogens (tertiary/aromatic N) is 1. The molecule has 0 saturated heterocycles. The summed E-state index contributed by atoms with van der Waals surface area (Å²) >= 11 is 1.30. The molecule has 1 heterocycles. The summed E-state index contributed by atoms with van der Waals surface area (Å²) in [4.78, 5) is 17.3. The van der Waals surface area contributed by atoms with Gasteiger partial charge in [-0.1, -0.05) is 56.4 Å². The maximum absolute atomic E-state index is 12.6. The summed E-state index contributed by atoms with van der Waals surface area (Å²) in [5.41, 5.74) is 3.27. The fourth-order valence-corrected chi connectivity index (χ4v) is 5.10. The molecule has 1 aliphatic carbocycles. The predicted octanol–water partition coefficient (Wildman–Crippen LogP) is 4.74. The van der Waals surface area contributed by atoms with Crippen molar-refractivity contribution in [3.05, 3.63) is 53.6 Å². The predicted molar refractivity (Wildman–Crippen MR) is 117 cm³/mol. The highest BCUT2D eigenvalue weighted by Gasteiger charge is 2.44. The van der Waals surface area contributed by atoms with E-state index in [9.17, 15) is 13.2 Å². The molecule has 0 aliphatic heterocycles. The highest BCUT2D eigenvalue weighted by molar-refractivity contribution is 7.90. The standard InChI is InChI=1S/C22H24N2O3S2/c1-22(2,3)14-7-5-13(6-8-14)16-12-17(16)20(25)24-21-23-18-10-9-15(29(4,26)27)11-19(18)28-21/h5-11,16-17H,12H2,1-4H3,(H,23,24,25)/t16-,17-/m1/s1. The number of thiazole rings is 1. The van der Waals surface area contributed by atoms with E-state index in [1.165, 1.54) is 28.7 Å². The number of nitrogens with one attached hydrogen (secondary N) is 1. The number of carbonyl (C=O) groups is 1. The quantitative estimate of drug-likeness (QED) is 0.651. The number of anilines is 1. The van der Waals surface area contributed by atoms with Gasteiger partial charge < -0.3 is 5.32 Å². The van der Waals surface area contributed by atoms with Crippen LogP contribution in [0.4, 0.5) is 5.13 Å². The lowest BCUT2D eigenvalue weighted by molar-refractivity contribution is -0.117. The second-order valence-corrected chi connectivity index (χ2v) is 11.8. The van der Waals surface area contributed by atoms with Crippen LogP contribution in [0.25, 0.3) is 10.2 Å². The van der Waals surface area contributed by atoms with Crippen LogP contribution in [0, 0.1) is 5.92 Å². The lowest BCUT2D eigenvalue weighted by Crippen LogP contribution is -2.14. The van der Waals surface area contributed by atoms with Gasteiger partial charge in [0.1, 0.15) is 0 Å². The molecule has 0 unspecified atom stereocenters. The lowest BCUT2D eigenvalue weighted by atomic mass is 9.86. The van der Waals surface area contributed by atoms with Gasteiger partial charge in [-0.05, 0) is 47.1 Å². The first-order valence-corrected chi connectivity index (χ1v) is 12.2. The number of sulfone groups is 1. The second kappa shape index (κ2) is 6.92. The van der Waals surface area contributed by atoms with E-state index in [1.807, 2.05) is 0 Å². The van der Waals surface area contributed by atoms with Crippen molar-refractivity contribution in [1.29, 1.82) is 0 Å². The van der Waals surface area contributed by atoms with Crippen molar-refractivity contribution in [2.75, 3.05) is 11.6 Å². The third kappa shape index (κ3) is 4.21. The minimum Gasteiger partial charge on any atom is -0.302 e. The zero-order valence-corrected chi connectivity index (χ0v) is 18.5. The van der Waals surface area contributed by atoms with Crippen molar-refractivity contribution >= 4 is 42.4 Å². The van der Waals surface area contributed by atoms with E-state index in [-0.39, 0.29) is 28.1 Å². The average molecular weight is 429 g/mol. The average Bonchev–Trinajstić information content (AvgIpc) is 3.33. The number of benzene rings is 2. The summed E-state index contributed by atoms with van der Waals surface area (Å²) in [7, 11) is -3.27. The Hall–Kier alpha value is -2.25. The van der Waals surface area contributed by atoms with Gasteiger partial charge in [0, 0.05) is 12.2 Å². The maximum Gasteiger partial charge on any atom is 0.229 e. The Morgan fingerprint density at radius 2 is 1.83 bits per heavy atom. The Balaban J connectivity index is 1.45. The Bertz CT molecular complexity index is 1190. The number of rotatable bonds is 4. The van der Waals surface area contributed by atoms with Gasteiger partial charge in [0.05, 0.1) is 15.1 Å². The molecule has 1 amide bonds. The van der Waals surface area contributed by atoms with E-state index in [4.69, 9.17) is 0 Å². The number of fused-ring (bicyclic) bond motifs is 1. The monoisotopic (exact) mass is 428 g/mol. The molecule has 0 bridgehead atoms. The van der Waals surface area contributed by atoms with Crippen LogP contribution in [-0.4, -0.2) is 25.6 Å². The third-order valence-corrected chi connectivity index (χ3v) is 7.39. The Kier molecular flexibility index (Phi) is 4.78. The molecular formula is C22H24N2O3S2. The molecule has 2 aromatic carbocycles. The van der Waals surface area contributed by atoms with Crippen LogP contribution < -0.4 is 5.32 Å². The first-order chi connectivity index (χ1) is 13.5. The first-order valence-electron chi connectivity index (χ1n) is 9.54. The Morgan fingerprint density at radius 1 is 1.14 bits per heavy atom. The maximum atomic E-state index is 12.6. The van der Waals surface area contributed by atoms with Crippen molar-refractivity contribution in [1.82, 2.24) is 4.98 Å². The summed E-state index contributed by atoms with van der Waals surface area (Å²) in [6, 6.07) is 13.4. The van der Waals surface area contributed by atoms with Gasteiger partial charge in [-0.15, -0.1) is 0 Å². The molecule has 4 rings (SSSR count). The SMILES string of the molecule is CC(C)(C)c1ccc([C@H]2C[C@H]2C(=O)Nc2nc3ccc(S(C)(=O)=O)cc3s2)cc1. The molecule has 1 aromatic heterocycles. The van der Waals surface area contributed by atoms with Gasteiger partial charge >= 0.3 is 0 Å². The van der Waals surface area contributed by atoms with Crippen molar-refractivity contribution in [2.24, 2.45) is 5.92 Å². The van der Waals surface area contributed by atoms with E-state index in [0.717, 1.165) is 11.1 Å². The van der Waals surface area contributed by atoms with Crippen molar-refractivity contribution in [3.63, 3.8) is 0 Å². The molecule has 1 saturated carbocycles. The topological polar surface area (TPSA) is 76.1 Å². The zero-order chi connectivity index (χ0) is 21.0. The largest absolute Gasteiger partial charge is 0.302 e. The van der Waals surface area contributed by atoms with Crippen molar-refractivity contribution in [2.45, 2.75) is 43.4 Å². The minimum absolute atomic E-state index is 0.0303. The van der Waals surface area contributed by atoms with Gasteiger partial charge in [-0.2, -0.15) is 0 Å². The van der Waals surface area contributed by atoms with Gasteiger partial charge in [0.2, 0.25) is 5.91 Å². The highest BCUT2D eigenvalue weighted by Crippen LogP contribution is 2.48. The summed E-state index contributed by atoms with van der Waals surface area (Å²) in [6.45, 7) is 6.56. The van der Waals surface area contributed by atoms with Crippen LogP contribution >= 0.6 is 11.3 Å². The molecular weight excluding hydrogens is 404 g/mol. The molecule has 7 heteroatoms. The fraction of sp³-hybridized carbons (Fsp3) is 0.364. The third-order valence-electron chi connectivity index (χ3n) is 5.35. The summed E-state index contributed by atoms with van der Waals surface area (Å²) < 4.78 is 24.2. The van der Waals surface area contributed by atoms with E-state index in [0.29, 0.717) is 10.6 Å². The van der Waals surface area contributed by atoms with Crippen LogP contribution in [0.3, 0.4) is 0 Å². The smallest absolute Gasteiger partial charge is 0.229 e.